The van der Waals surface area contributed by atoms with Crippen LogP contribution in [0.15, 0.2) is 0 Å². The molecule has 5 nitrogen and oxygen atoms in total. The third-order valence-electron chi connectivity index (χ3n) is 6.34. The van der Waals surface area contributed by atoms with Crippen molar-refractivity contribution in [2.24, 2.45) is 5.92 Å². The molecule has 128 valence electrons. The summed E-state index contributed by atoms with van der Waals surface area (Å²) in [6.07, 6.45) is 7.45. The molecule has 0 bridgehead atoms. The molecule has 0 spiro atoms. The molecule has 1 saturated carbocycles. The number of hydrogen-bond acceptors (Lipinski definition) is 3. The summed E-state index contributed by atoms with van der Waals surface area (Å²) in [5.41, 5.74) is 0. The monoisotopic (exact) mass is 319 g/mol. The topological polar surface area (TPSA) is 43.9 Å². The second-order valence-corrected chi connectivity index (χ2v) is 7.76. The van der Waals surface area contributed by atoms with Gasteiger partial charge >= 0.3 is 0 Å². The highest BCUT2D eigenvalue weighted by molar-refractivity contribution is 5.89. The zero-order chi connectivity index (χ0) is 16.0. The molecule has 0 aromatic heterocycles. The van der Waals surface area contributed by atoms with E-state index < -0.39 is 0 Å². The summed E-state index contributed by atoms with van der Waals surface area (Å²) in [6, 6.07) is 1.37. The summed E-state index contributed by atoms with van der Waals surface area (Å²) < 4.78 is 0. The molecule has 0 N–H and O–H groups in total. The quantitative estimate of drug-likeness (QED) is 0.788. The molecule has 0 aromatic carbocycles. The maximum Gasteiger partial charge on any atom is 0.228 e. The number of likely N-dealkylation sites (N-methyl/N-ethyl adjacent to an activating group) is 1. The van der Waals surface area contributed by atoms with Gasteiger partial charge in [-0.2, -0.15) is 0 Å². The van der Waals surface area contributed by atoms with Crippen LogP contribution in [0.25, 0.3) is 0 Å². The van der Waals surface area contributed by atoms with E-state index in [1.54, 1.807) is 0 Å². The van der Waals surface area contributed by atoms with Gasteiger partial charge in [0.05, 0.1) is 5.92 Å². The molecule has 0 radical (unpaired) electrons. The van der Waals surface area contributed by atoms with Gasteiger partial charge in [-0.05, 0) is 51.6 Å². The maximum atomic E-state index is 13.1. The lowest BCUT2D eigenvalue weighted by atomic mass is 10.0. The van der Waals surface area contributed by atoms with E-state index in [4.69, 9.17) is 0 Å². The number of nitrogens with zero attached hydrogens (tertiary/aromatic N) is 3. The Bertz CT molecular complexity index is 491. The van der Waals surface area contributed by atoms with Crippen LogP contribution in [-0.4, -0.2) is 70.8 Å². The molecule has 0 aromatic rings. The van der Waals surface area contributed by atoms with Crippen molar-refractivity contribution in [3.05, 3.63) is 0 Å². The van der Waals surface area contributed by atoms with E-state index in [1.165, 1.54) is 19.4 Å². The Morgan fingerprint density at radius 3 is 2.57 bits per heavy atom. The Morgan fingerprint density at radius 1 is 1.09 bits per heavy atom. The van der Waals surface area contributed by atoms with Gasteiger partial charge in [0.25, 0.3) is 0 Å². The third kappa shape index (κ3) is 2.77. The minimum Gasteiger partial charge on any atom is -0.339 e. The molecular formula is C18H29N3O2. The van der Waals surface area contributed by atoms with Crippen LogP contribution in [0.2, 0.25) is 0 Å². The van der Waals surface area contributed by atoms with Gasteiger partial charge in [0.15, 0.2) is 0 Å². The minimum absolute atomic E-state index is 0.0832. The van der Waals surface area contributed by atoms with Gasteiger partial charge in [-0.3, -0.25) is 14.5 Å². The number of amides is 2. The summed E-state index contributed by atoms with van der Waals surface area (Å²) in [4.78, 5) is 31.9. The lowest BCUT2D eigenvalue weighted by Crippen LogP contribution is -2.50. The van der Waals surface area contributed by atoms with Gasteiger partial charge in [-0.25, -0.2) is 0 Å². The first kappa shape index (κ1) is 15.4. The van der Waals surface area contributed by atoms with Gasteiger partial charge < -0.3 is 9.80 Å². The Balaban J connectivity index is 1.44. The van der Waals surface area contributed by atoms with E-state index in [-0.39, 0.29) is 17.7 Å². The number of carbonyl (C=O) groups is 2. The van der Waals surface area contributed by atoms with Crippen LogP contribution in [0.5, 0.6) is 0 Å². The molecule has 3 saturated heterocycles. The van der Waals surface area contributed by atoms with Crippen molar-refractivity contribution in [3.63, 3.8) is 0 Å². The van der Waals surface area contributed by atoms with Crippen molar-refractivity contribution >= 4 is 11.8 Å². The standard InChI is InChI=1S/C18H29N3O2/c1-2-19-9-3-5-15(19)16-6-4-10-20(16)18(23)13-11-17(22)21(12-13)14-7-8-14/h13-16H,2-12H2,1H3/t13-,15+,16+/m0/s1. The Morgan fingerprint density at radius 2 is 1.83 bits per heavy atom. The molecule has 4 rings (SSSR count). The molecule has 5 heteroatoms. The predicted octanol–water partition coefficient (Wildman–Crippen LogP) is 1.47. The second kappa shape index (κ2) is 6.08. The minimum atomic E-state index is -0.0832. The Labute approximate surface area is 139 Å². The number of rotatable bonds is 4. The second-order valence-electron chi connectivity index (χ2n) is 7.76. The highest BCUT2D eigenvalue weighted by Crippen LogP contribution is 2.35. The van der Waals surface area contributed by atoms with Crippen molar-refractivity contribution in [1.29, 1.82) is 0 Å². The van der Waals surface area contributed by atoms with Crippen LogP contribution in [0, 0.1) is 5.92 Å². The van der Waals surface area contributed by atoms with Crippen LogP contribution in [0.3, 0.4) is 0 Å². The summed E-state index contributed by atoms with van der Waals surface area (Å²) in [7, 11) is 0. The van der Waals surface area contributed by atoms with Crippen molar-refractivity contribution in [2.45, 2.75) is 70.0 Å². The predicted molar refractivity (Wildman–Crippen MR) is 87.8 cm³/mol. The normalized spacial score (nSPS) is 35.5. The smallest absolute Gasteiger partial charge is 0.228 e. The molecule has 4 aliphatic rings. The van der Waals surface area contributed by atoms with E-state index >= 15 is 0 Å². The molecule has 1 aliphatic carbocycles. The Hall–Kier alpha value is -1.10. The highest BCUT2D eigenvalue weighted by Gasteiger charge is 2.46. The lowest BCUT2D eigenvalue weighted by Gasteiger charge is -2.35. The van der Waals surface area contributed by atoms with Gasteiger partial charge in [-0.1, -0.05) is 6.92 Å². The summed E-state index contributed by atoms with van der Waals surface area (Å²) >= 11 is 0. The molecule has 23 heavy (non-hydrogen) atoms. The van der Waals surface area contributed by atoms with Crippen LogP contribution >= 0.6 is 0 Å². The van der Waals surface area contributed by atoms with Crippen LogP contribution in [0.4, 0.5) is 0 Å². The number of carbonyl (C=O) groups excluding carboxylic acids is 2. The molecule has 0 unspecified atom stereocenters. The highest BCUT2D eigenvalue weighted by atomic mass is 16.2. The van der Waals surface area contributed by atoms with Crippen molar-refractivity contribution < 1.29 is 9.59 Å². The van der Waals surface area contributed by atoms with Gasteiger partial charge in [0, 0.05) is 37.6 Å². The van der Waals surface area contributed by atoms with Crippen LogP contribution in [-0.2, 0) is 9.59 Å². The molecule has 3 atom stereocenters. The molecule has 3 aliphatic heterocycles. The maximum absolute atomic E-state index is 13.1. The summed E-state index contributed by atoms with van der Waals surface area (Å²) in [6.45, 7) is 6.06. The fraction of sp³-hybridized carbons (Fsp3) is 0.889. The molecular weight excluding hydrogens is 290 g/mol. The van der Waals surface area contributed by atoms with Crippen molar-refractivity contribution in [3.8, 4) is 0 Å². The summed E-state index contributed by atoms with van der Waals surface area (Å²) in [5.74, 6) is 0.379. The van der Waals surface area contributed by atoms with Crippen molar-refractivity contribution in [1.82, 2.24) is 14.7 Å². The first-order valence-electron chi connectivity index (χ1n) is 9.53. The molecule has 4 fully saturated rings. The fourth-order valence-electron chi connectivity index (χ4n) is 5.02. The lowest BCUT2D eigenvalue weighted by molar-refractivity contribution is -0.137. The Kier molecular flexibility index (Phi) is 4.08. The van der Waals surface area contributed by atoms with E-state index in [9.17, 15) is 9.59 Å². The van der Waals surface area contributed by atoms with Gasteiger partial charge in [0.2, 0.25) is 11.8 Å². The summed E-state index contributed by atoms with van der Waals surface area (Å²) in [5, 5.41) is 0. The van der Waals surface area contributed by atoms with Gasteiger partial charge in [-0.15, -0.1) is 0 Å². The molecule has 3 heterocycles. The SMILES string of the molecule is CCN1CCC[C@@H]1[C@H]1CCCN1C(=O)[C@H]1CC(=O)N(C2CC2)C1. The average molecular weight is 319 g/mol. The zero-order valence-electron chi connectivity index (χ0n) is 14.2. The van der Waals surface area contributed by atoms with Crippen LogP contribution in [0.1, 0.15) is 51.9 Å². The largest absolute Gasteiger partial charge is 0.339 e. The van der Waals surface area contributed by atoms with E-state index in [1.807, 2.05) is 4.90 Å². The third-order valence-corrected chi connectivity index (χ3v) is 6.34. The van der Waals surface area contributed by atoms with Crippen LogP contribution < -0.4 is 0 Å². The first-order chi connectivity index (χ1) is 11.2. The number of likely N-dealkylation sites (tertiary alicyclic amines) is 3. The zero-order valence-corrected chi connectivity index (χ0v) is 14.2. The van der Waals surface area contributed by atoms with E-state index in [2.05, 4.69) is 16.7 Å². The first-order valence-corrected chi connectivity index (χ1v) is 9.53. The van der Waals surface area contributed by atoms with E-state index in [0.29, 0.717) is 31.1 Å². The van der Waals surface area contributed by atoms with Crippen molar-refractivity contribution in [2.75, 3.05) is 26.2 Å². The number of hydrogen-bond donors (Lipinski definition) is 0. The van der Waals surface area contributed by atoms with E-state index in [0.717, 1.165) is 38.8 Å². The average Bonchev–Trinajstić information content (AvgIpc) is 2.99. The van der Waals surface area contributed by atoms with Gasteiger partial charge in [0.1, 0.15) is 0 Å². The fourth-order valence-corrected chi connectivity index (χ4v) is 5.02. The molecule has 2 amide bonds.